The van der Waals surface area contributed by atoms with Gasteiger partial charge in [0.2, 0.25) is 0 Å². The number of nitrogens with zero attached hydrogens (tertiary/aromatic N) is 2. The summed E-state index contributed by atoms with van der Waals surface area (Å²) in [5.41, 5.74) is 1.00. The Morgan fingerprint density at radius 2 is 2.12 bits per heavy atom. The predicted molar refractivity (Wildman–Crippen MR) is 69.0 cm³/mol. The average Bonchev–Trinajstić information content (AvgIpc) is 2.88. The third kappa shape index (κ3) is 3.00. The summed E-state index contributed by atoms with van der Waals surface area (Å²) in [5, 5.41) is 3.33. The van der Waals surface area contributed by atoms with Gasteiger partial charge in [-0.15, -0.1) is 0 Å². The van der Waals surface area contributed by atoms with Crippen LogP contribution in [0.3, 0.4) is 0 Å². The maximum absolute atomic E-state index is 5.55. The van der Waals surface area contributed by atoms with Crippen molar-refractivity contribution >= 4 is 6.01 Å². The zero-order valence-corrected chi connectivity index (χ0v) is 11.1. The molecular weight excluding hydrogens is 214 g/mol. The first kappa shape index (κ1) is 12.4. The van der Waals surface area contributed by atoms with Crippen LogP contribution in [0, 0.1) is 11.8 Å². The van der Waals surface area contributed by atoms with Crippen molar-refractivity contribution in [2.24, 2.45) is 11.8 Å². The van der Waals surface area contributed by atoms with E-state index >= 15 is 0 Å². The Bertz CT molecular complexity index is 340. The van der Waals surface area contributed by atoms with E-state index in [-0.39, 0.29) is 0 Å². The summed E-state index contributed by atoms with van der Waals surface area (Å²) in [7, 11) is 0. The molecule has 1 saturated heterocycles. The topological polar surface area (TPSA) is 41.3 Å². The molecule has 1 aromatic heterocycles. The normalized spacial score (nSPS) is 24.5. The number of hydrogen-bond donors (Lipinski definition) is 1. The van der Waals surface area contributed by atoms with E-state index in [9.17, 15) is 0 Å². The Kier molecular flexibility index (Phi) is 4.05. The molecule has 4 nitrogen and oxygen atoms in total. The minimum atomic E-state index is 0.726. The third-order valence-corrected chi connectivity index (χ3v) is 3.53. The van der Waals surface area contributed by atoms with Crippen LogP contribution >= 0.6 is 0 Å². The SMILES string of the molecule is CCCNCc1coc(N2CC(C)C(C)C2)n1. The van der Waals surface area contributed by atoms with Crippen LogP contribution in [0.15, 0.2) is 10.7 Å². The molecule has 2 heterocycles. The van der Waals surface area contributed by atoms with Crippen molar-refractivity contribution in [3.05, 3.63) is 12.0 Å². The third-order valence-electron chi connectivity index (χ3n) is 3.53. The second-order valence-electron chi connectivity index (χ2n) is 5.16. The molecule has 0 aliphatic carbocycles. The summed E-state index contributed by atoms with van der Waals surface area (Å²) < 4.78 is 5.55. The van der Waals surface area contributed by atoms with Gasteiger partial charge in [0, 0.05) is 19.6 Å². The largest absolute Gasteiger partial charge is 0.432 e. The van der Waals surface area contributed by atoms with Gasteiger partial charge in [0.05, 0.1) is 5.69 Å². The van der Waals surface area contributed by atoms with Crippen LogP contribution < -0.4 is 10.2 Å². The van der Waals surface area contributed by atoms with Crippen LogP contribution in [0.5, 0.6) is 0 Å². The molecule has 1 aliphatic rings. The van der Waals surface area contributed by atoms with Gasteiger partial charge in [-0.05, 0) is 24.8 Å². The van der Waals surface area contributed by atoms with E-state index in [1.165, 1.54) is 0 Å². The van der Waals surface area contributed by atoms with E-state index in [1.807, 2.05) is 0 Å². The molecule has 4 heteroatoms. The molecule has 0 amide bonds. The Morgan fingerprint density at radius 3 is 2.76 bits per heavy atom. The molecule has 0 saturated carbocycles. The molecule has 0 aromatic carbocycles. The lowest BCUT2D eigenvalue weighted by Crippen LogP contribution is -2.20. The van der Waals surface area contributed by atoms with Crippen molar-refractivity contribution in [1.82, 2.24) is 10.3 Å². The molecule has 2 atom stereocenters. The smallest absolute Gasteiger partial charge is 0.297 e. The van der Waals surface area contributed by atoms with Crippen molar-refractivity contribution < 1.29 is 4.42 Å². The van der Waals surface area contributed by atoms with Crippen LogP contribution in [0.1, 0.15) is 32.9 Å². The monoisotopic (exact) mass is 237 g/mol. The second kappa shape index (κ2) is 5.54. The zero-order chi connectivity index (χ0) is 12.3. The first-order chi connectivity index (χ1) is 8.20. The fourth-order valence-corrected chi connectivity index (χ4v) is 2.20. The Morgan fingerprint density at radius 1 is 1.41 bits per heavy atom. The molecule has 96 valence electrons. The van der Waals surface area contributed by atoms with Crippen LogP contribution in [0.2, 0.25) is 0 Å². The number of aromatic nitrogens is 1. The Balaban J connectivity index is 1.90. The second-order valence-corrected chi connectivity index (χ2v) is 5.16. The molecule has 1 N–H and O–H groups in total. The number of rotatable bonds is 5. The Labute approximate surface area is 103 Å². The fourth-order valence-electron chi connectivity index (χ4n) is 2.20. The van der Waals surface area contributed by atoms with Gasteiger partial charge in [-0.25, -0.2) is 0 Å². The highest BCUT2D eigenvalue weighted by Crippen LogP contribution is 2.26. The molecule has 1 aromatic rings. The molecule has 2 unspecified atom stereocenters. The zero-order valence-electron chi connectivity index (χ0n) is 11.1. The maximum atomic E-state index is 5.55. The minimum Gasteiger partial charge on any atom is -0.432 e. The van der Waals surface area contributed by atoms with Gasteiger partial charge in [0.1, 0.15) is 6.26 Å². The van der Waals surface area contributed by atoms with Gasteiger partial charge >= 0.3 is 0 Å². The molecule has 1 aliphatic heterocycles. The van der Waals surface area contributed by atoms with Crippen LogP contribution in [-0.2, 0) is 6.54 Å². The highest BCUT2D eigenvalue weighted by Gasteiger charge is 2.28. The van der Waals surface area contributed by atoms with Crippen LogP contribution in [0.4, 0.5) is 6.01 Å². The summed E-state index contributed by atoms with van der Waals surface area (Å²) in [5.74, 6) is 1.45. The van der Waals surface area contributed by atoms with Crippen molar-refractivity contribution in [2.45, 2.75) is 33.7 Å². The molecule has 0 radical (unpaired) electrons. The first-order valence-corrected chi connectivity index (χ1v) is 6.60. The highest BCUT2D eigenvalue weighted by molar-refractivity contribution is 5.29. The summed E-state index contributed by atoms with van der Waals surface area (Å²) >= 11 is 0. The first-order valence-electron chi connectivity index (χ1n) is 6.60. The molecule has 2 rings (SSSR count). The molecule has 1 fully saturated rings. The van der Waals surface area contributed by atoms with Crippen molar-refractivity contribution in [3.8, 4) is 0 Å². The quantitative estimate of drug-likeness (QED) is 0.798. The van der Waals surface area contributed by atoms with Crippen LogP contribution in [0.25, 0.3) is 0 Å². The van der Waals surface area contributed by atoms with Gasteiger partial charge in [-0.1, -0.05) is 20.8 Å². The molecule has 0 spiro atoms. The molecule has 17 heavy (non-hydrogen) atoms. The molecular formula is C13H23N3O. The van der Waals surface area contributed by atoms with E-state index in [1.54, 1.807) is 6.26 Å². The lowest BCUT2D eigenvalue weighted by Gasteiger charge is -2.11. The van der Waals surface area contributed by atoms with Crippen molar-refractivity contribution in [3.63, 3.8) is 0 Å². The number of anilines is 1. The minimum absolute atomic E-state index is 0.726. The van der Waals surface area contributed by atoms with Gasteiger partial charge in [-0.2, -0.15) is 4.98 Å². The molecule has 0 bridgehead atoms. The van der Waals surface area contributed by atoms with Gasteiger partial charge in [0.15, 0.2) is 0 Å². The van der Waals surface area contributed by atoms with Crippen LogP contribution in [-0.4, -0.2) is 24.6 Å². The summed E-state index contributed by atoms with van der Waals surface area (Å²) in [6, 6.07) is 0.787. The lowest BCUT2D eigenvalue weighted by atomic mass is 10.0. The number of oxazole rings is 1. The van der Waals surface area contributed by atoms with E-state index < -0.39 is 0 Å². The van der Waals surface area contributed by atoms with E-state index in [2.05, 4.69) is 36.0 Å². The van der Waals surface area contributed by atoms with Gasteiger partial charge in [-0.3, -0.25) is 0 Å². The van der Waals surface area contributed by atoms with E-state index in [0.29, 0.717) is 0 Å². The standard InChI is InChI=1S/C13H23N3O/c1-4-5-14-6-12-9-17-13(15-12)16-7-10(2)11(3)8-16/h9-11,14H,4-8H2,1-3H3. The summed E-state index contributed by atoms with van der Waals surface area (Å²) in [4.78, 5) is 6.78. The summed E-state index contributed by atoms with van der Waals surface area (Å²) in [6.07, 6.45) is 2.91. The lowest BCUT2D eigenvalue weighted by molar-refractivity contribution is 0.494. The number of hydrogen-bond acceptors (Lipinski definition) is 4. The predicted octanol–water partition coefficient (Wildman–Crippen LogP) is 2.27. The highest BCUT2D eigenvalue weighted by atomic mass is 16.4. The van der Waals surface area contributed by atoms with Gasteiger partial charge < -0.3 is 14.6 Å². The van der Waals surface area contributed by atoms with E-state index in [4.69, 9.17) is 4.42 Å². The summed E-state index contributed by atoms with van der Waals surface area (Å²) in [6.45, 7) is 10.7. The number of nitrogens with one attached hydrogen (secondary N) is 1. The average molecular weight is 237 g/mol. The van der Waals surface area contributed by atoms with Crippen molar-refractivity contribution in [2.75, 3.05) is 24.5 Å². The van der Waals surface area contributed by atoms with Gasteiger partial charge in [0.25, 0.3) is 6.01 Å². The maximum Gasteiger partial charge on any atom is 0.297 e. The fraction of sp³-hybridized carbons (Fsp3) is 0.769. The van der Waals surface area contributed by atoms with E-state index in [0.717, 1.165) is 56.1 Å². The Hall–Kier alpha value is -1.03. The van der Waals surface area contributed by atoms with Crippen molar-refractivity contribution in [1.29, 1.82) is 0 Å².